The second-order valence-corrected chi connectivity index (χ2v) is 7.08. The highest BCUT2D eigenvalue weighted by Crippen LogP contribution is 2.26. The number of rotatable bonds is 3. The van der Waals surface area contributed by atoms with Gasteiger partial charge in [0, 0.05) is 58.5 Å². The molecule has 0 amide bonds. The van der Waals surface area contributed by atoms with E-state index in [0.29, 0.717) is 5.92 Å². The van der Waals surface area contributed by atoms with Gasteiger partial charge in [-0.05, 0) is 24.8 Å². The molecule has 0 radical (unpaired) electrons. The van der Waals surface area contributed by atoms with Crippen molar-refractivity contribution in [2.24, 2.45) is 12.0 Å². The van der Waals surface area contributed by atoms with E-state index in [1.165, 1.54) is 24.2 Å². The van der Waals surface area contributed by atoms with Crippen molar-refractivity contribution in [2.75, 3.05) is 20.1 Å². The molecule has 25 heavy (non-hydrogen) atoms. The van der Waals surface area contributed by atoms with Crippen LogP contribution < -0.4 is 5.32 Å². The van der Waals surface area contributed by atoms with Crippen molar-refractivity contribution in [1.82, 2.24) is 29.5 Å². The second kappa shape index (κ2) is 6.90. The van der Waals surface area contributed by atoms with Gasteiger partial charge in [-0.3, -0.25) is 9.67 Å². The highest BCUT2D eigenvalue weighted by Gasteiger charge is 2.27. The average Bonchev–Trinajstić information content (AvgIpc) is 3.34. The molecule has 1 atom stereocenters. The van der Waals surface area contributed by atoms with Crippen LogP contribution in [0.3, 0.4) is 0 Å². The Labute approximate surface area is 148 Å². The summed E-state index contributed by atoms with van der Waals surface area (Å²) in [5.41, 5.74) is 2.43. The molecule has 2 aromatic rings. The summed E-state index contributed by atoms with van der Waals surface area (Å²) >= 11 is 0. The van der Waals surface area contributed by atoms with E-state index in [-0.39, 0.29) is 0 Å². The molecule has 0 bridgehead atoms. The van der Waals surface area contributed by atoms with Crippen molar-refractivity contribution >= 4 is 5.96 Å². The predicted molar refractivity (Wildman–Crippen MR) is 97.5 cm³/mol. The summed E-state index contributed by atoms with van der Waals surface area (Å²) in [6, 6.07) is 0. The van der Waals surface area contributed by atoms with E-state index in [1.54, 1.807) is 0 Å². The molecule has 0 aromatic carbocycles. The Balaban J connectivity index is 1.36. The zero-order chi connectivity index (χ0) is 17.2. The van der Waals surface area contributed by atoms with Crippen LogP contribution >= 0.6 is 0 Å². The smallest absolute Gasteiger partial charge is 0.193 e. The Kier molecular flexibility index (Phi) is 4.46. The Morgan fingerprint density at radius 2 is 2.24 bits per heavy atom. The Morgan fingerprint density at radius 1 is 1.32 bits per heavy atom. The molecule has 2 aliphatic rings. The zero-order valence-electron chi connectivity index (χ0n) is 15.1. The maximum atomic E-state index is 4.76. The molecule has 2 aromatic heterocycles. The number of nitrogens with one attached hydrogen (secondary N) is 1. The molecule has 1 unspecified atom stereocenters. The van der Waals surface area contributed by atoms with Gasteiger partial charge in [-0.1, -0.05) is 0 Å². The van der Waals surface area contributed by atoms with Crippen molar-refractivity contribution < 1.29 is 0 Å². The Morgan fingerprint density at radius 3 is 3.00 bits per heavy atom. The van der Waals surface area contributed by atoms with Gasteiger partial charge in [-0.25, -0.2) is 4.98 Å². The monoisotopic (exact) mass is 341 g/mol. The molecule has 4 heterocycles. The number of nitrogens with zero attached hydrogens (tertiary/aromatic N) is 6. The average molecular weight is 341 g/mol. The summed E-state index contributed by atoms with van der Waals surface area (Å²) in [6.45, 7) is 3.86. The maximum Gasteiger partial charge on any atom is 0.193 e. The molecular weight excluding hydrogens is 314 g/mol. The minimum atomic E-state index is 0.534. The van der Waals surface area contributed by atoms with Crippen LogP contribution in [0.25, 0.3) is 0 Å². The standard InChI is InChI=1S/C18H27N7/c1-19-18(20-10-16-13-24-7-4-3-5-17(24)22-16)25-8-6-14(12-25)15-9-21-23(2)11-15/h9,11,13-14H,3-8,10,12H2,1-2H3,(H,19,20). The van der Waals surface area contributed by atoms with Gasteiger partial charge < -0.3 is 14.8 Å². The van der Waals surface area contributed by atoms with Crippen LogP contribution in [0.5, 0.6) is 0 Å². The van der Waals surface area contributed by atoms with Gasteiger partial charge in [0.25, 0.3) is 0 Å². The first kappa shape index (κ1) is 16.2. The molecular formula is C18H27N7. The number of guanidine groups is 1. The first-order chi connectivity index (χ1) is 12.2. The van der Waals surface area contributed by atoms with E-state index >= 15 is 0 Å². The maximum absolute atomic E-state index is 4.76. The van der Waals surface area contributed by atoms with Gasteiger partial charge in [0.05, 0.1) is 18.4 Å². The van der Waals surface area contributed by atoms with Crippen molar-refractivity contribution in [3.63, 3.8) is 0 Å². The van der Waals surface area contributed by atoms with Gasteiger partial charge in [-0.2, -0.15) is 5.10 Å². The number of aromatic nitrogens is 4. The SMILES string of the molecule is CN=C(NCc1cn2c(n1)CCCC2)N1CCC(c2cnn(C)c2)C1. The summed E-state index contributed by atoms with van der Waals surface area (Å²) in [4.78, 5) is 11.6. The van der Waals surface area contributed by atoms with Crippen LogP contribution in [0.1, 0.15) is 42.3 Å². The Bertz CT molecular complexity index is 734. The highest BCUT2D eigenvalue weighted by atomic mass is 15.3. The van der Waals surface area contributed by atoms with Crippen molar-refractivity contribution in [3.05, 3.63) is 35.7 Å². The number of aryl methyl sites for hydroxylation is 3. The quantitative estimate of drug-likeness (QED) is 0.679. The summed E-state index contributed by atoms with van der Waals surface area (Å²) in [5, 5.41) is 7.79. The fraction of sp³-hybridized carbons (Fsp3) is 0.611. The normalized spacial score (nSPS) is 20.8. The predicted octanol–water partition coefficient (Wildman–Crippen LogP) is 1.52. The summed E-state index contributed by atoms with van der Waals surface area (Å²) in [6.07, 6.45) is 11.1. The third kappa shape index (κ3) is 3.41. The summed E-state index contributed by atoms with van der Waals surface area (Å²) < 4.78 is 4.18. The minimum absolute atomic E-state index is 0.534. The van der Waals surface area contributed by atoms with Crippen LogP contribution in [-0.4, -0.2) is 50.3 Å². The number of aliphatic imine (C=N–C) groups is 1. The summed E-state index contributed by atoms with van der Waals surface area (Å²) in [7, 11) is 3.83. The fourth-order valence-corrected chi connectivity index (χ4v) is 3.93. The first-order valence-corrected chi connectivity index (χ1v) is 9.22. The molecule has 134 valence electrons. The van der Waals surface area contributed by atoms with Crippen LogP contribution in [-0.2, 0) is 26.6 Å². The van der Waals surface area contributed by atoms with E-state index in [0.717, 1.165) is 50.7 Å². The van der Waals surface area contributed by atoms with Gasteiger partial charge in [0.1, 0.15) is 5.82 Å². The van der Waals surface area contributed by atoms with Crippen LogP contribution in [0.2, 0.25) is 0 Å². The van der Waals surface area contributed by atoms with Crippen molar-refractivity contribution in [1.29, 1.82) is 0 Å². The molecule has 0 spiro atoms. The molecule has 4 rings (SSSR count). The van der Waals surface area contributed by atoms with Crippen LogP contribution in [0.15, 0.2) is 23.6 Å². The topological polar surface area (TPSA) is 63.3 Å². The number of likely N-dealkylation sites (tertiary alicyclic amines) is 1. The molecule has 2 aliphatic heterocycles. The van der Waals surface area contributed by atoms with E-state index in [9.17, 15) is 0 Å². The molecule has 0 saturated carbocycles. The Hall–Kier alpha value is -2.31. The van der Waals surface area contributed by atoms with E-state index in [4.69, 9.17) is 4.98 Å². The lowest BCUT2D eigenvalue weighted by molar-refractivity contribution is 0.485. The largest absolute Gasteiger partial charge is 0.351 e. The van der Waals surface area contributed by atoms with E-state index in [2.05, 4.69) is 37.3 Å². The third-order valence-corrected chi connectivity index (χ3v) is 5.28. The molecule has 0 aliphatic carbocycles. The first-order valence-electron chi connectivity index (χ1n) is 9.22. The number of hydrogen-bond acceptors (Lipinski definition) is 3. The number of fused-ring (bicyclic) bond motifs is 1. The van der Waals surface area contributed by atoms with Gasteiger partial charge in [0.15, 0.2) is 5.96 Å². The second-order valence-electron chi connectivity index (χ2n) is 7.08. The van der Waals surface area contributed by atoms with Crippen molar-refractivity contribution in [2.45, 2.75) is 44.7 Å². The molecule has 7 nitrogen and oxygen atoms in total. The lowest BCUT2D eigenvalue weighted by Crippen LogP contribution is -2.39. The minimum Gasteiger partial charge on any atom is -0.351 e. The van der Waals surface area contributed by atoms with Crippen LogP contribution in [0.4, 0.5) is 0 Å². The molecule has 1 fully saturated rings. The molecule has 7 heteroatoms. The fourth-order valence-electron chi connectivity index (χ4n) is 3.93. The van der Waals surface area contributed by atoms with Crippen LogP contribution in [0, 0.1) is 0 Å². The molecule has 1 N–H and O–H groups in total. The van der Waals surface area contributed by atoms with Gasteiger partial charge in [0.2, 0.25) is 0 Å². The number of imidazole rings is 1. The van der Waals surface area contributed by atoms with E-state index < -0.39 is 0 Å². The summed E-state index contributed by atoms with van der Waals surface area (Å²) in [5.74, 6) is 2.74. The van der Waals surface area contributed by atoms with Gasteiger partial charge >= 0.3 is 0 Å². The third-order valence-electron chi connectivity index (χ3n) is 5.28. The highest BCUT2D eigenvalue weighted by molar-refractivity contribution is 5.80. The zero-order valence-corrected chi connectivity index (χ0v) is 15.1. The van der Waals surface area contributed by atoms with E-state index in [1.807, 2.05) is 25.0 Å². The lowest BCUT2D eigenvalue weighted by Gasteiger charge is -2.21. The van der Waals surface area contributed by atoms with Crippen molar-refractivity contribution in [3.8, 4) is 0 Å². The number of hydrogen-bond donors (Lipinski definition) is 1. The lowest BCUT2D eigenvalue weighted by atomic mass is 10.0. The molecule has 1 saturated heterocycles. The van der Waals surface area contributed by atoms with Gasteiger partial charge in [-0.15, -0.1) is 0 Å².